The zero-order valence-electron chi connectivity index (χ0n) is 10.9. The van der Waals surface area contributed by atoms with Crippen molar-refractivity contribution in [1.29, 1.82) is 0 Å². The Bertz CT molecular complexity index is 817. The van der Waals surface area contributed by atoms with Crippen LogP contribution in [0.15, 0.2) is 32.6 Å². The number of hydrogen-bond donors (Lipinski definition) is 0. The van der Waals surface area contributed by atoms with Gasteiger partial charge < -0.3 is 4.74 Å². The van der Waals surface area contributed by atoms with E-state index in [-0.39, 0.29) is 20.0 Å². The van der Waals surface area contributed by atoms with Crippen molar-refractivity contribution in [1.82, 2.24) is 4.98 Å². The van der Waals surface area contributed by atoms with Crippen molar-refractivity contribution in [2.45, 2.75) is 16.7 Å². The average Bonchev–Trinajstić information content (AvgIpc) is 2.83. The van der Waals surface area contributed by atoms with Crippen LogP contribution in [-0.4, -0.2) is 25.6 Å². The molecule has 2 aromatic heterocycles. The highest BCUT2D eigenvalue weighted by Crippen LogP contribution is 2.32. The van der Waals surface area contributed by atoms with Crippen molar-refractivity contribution in [3.05, 3.63) is 37.7 Å². The number of rotatable bonds is 3. The molecule has 0 spiro atoms. The molecule has 0 radical (unpaired) electrons. The van der Waals surface area contributed by atoms with Crippen LogP contribution in [0.1, 0.15) is 9.75 Å². The van der Waals surface area contributed by atoms with Crippen molar-refractivity contribution >= 4 is 66.0 Å². The molecule has 0 N–H and O–H groups in total. The van der Waals surface area contributed by atoms with Gasteiger partial charge in [-0.1, -0.05) is 11.6 Å². The van der Waals surface area contributed by atoms with E-state index < -0.39 is 9.84 Å². The van der Waals surface area contributed by atoms with Gasteiger partial charge in [-0.25, -0.2) is 13.4 Å². The highest BCUT2D eigenvalue weighted by molar-refractivity contribution is 9.10. The maximum absolute atomic E-state index is 12.7. The summed E-state index contributed by atoms with van der Waals surface area (Å²) in [5.74, 6) is 0. The summed E-state index contributed by atoms with van der Waals surface area (Å²) in [4.78, 5) is 5.34. The molecule has 0 aliphatic rings. The van der Waals surface area contributed by atoms with Gasteiger partial charge in [-0.2, -0.15) is 0 Å². The first-order chi connectivity index (χ1) is 9.77. The second-order valence-electron chi connectivity index (χ2n) is 3.97. The zero-order chi connectivity index (χ0) is 15.8. The molecule has 2 rings (SSSR count). The molecule has 0 saturated heterocycles. The largest absolute Gasteiger partial charge is 0.486 e. The number of pyridine rings is 1. The Morgan fingerprint density at radius 1 is 1.48 bits per heavy atom. The van der Waals surface area contributed by atoms with Gasteiger partial charge in [0.15, 0.2) is 0 Å². The molecule has 21 heavy (non-hydrogen) atoms. The van der Waals surface area contributed by atoms with Crippen LogP contribution in [0.4, 0.5) is 0 Å². The number of hydrogen-bond acceptors (Lipinski definition) is 6. The Morgan fingerprint density at radius 3 is 2.71 bits per heavy atom. The minimum Gasteiger partial charge on any atom is -0.486 e. The van der Waals surface area contributed by atoms with Gasteiger partial charge in [0.1, 0.15) is 5.15 Å². The Kier molecular flexibility index (Phi) is 5.04. The summed E-state index contributed by atoms with van der Waals surface area (Å²) in [5.41, 5.74) is 0. The highest BCUT2D eigenvalue weighted by Gasteiger charge is 2.24. The quantitative estimate of drug-likeness (QED) is 0.548. The molecule has 0 amide bonds. The van der Waals surface area contributed by atoms with Crippen molar-refractivity contribution in [3.8, 4) is 0 Å². The summed E-state index contributed by atoms with van der Waals surface area (Å²) in [6.07, 6.45) is 1.23. The molecule has 0 unspecified atom stereocenters. The number of thiocarbonyl (C=S) groups is 1. The first-order valence-electron chi connectivity index (χ1n) is 5.52. The molecule has 0 aromatic carbocycles. The first-order valence-corrected chi connectivity index (χ1v) is 9.40. The number of sulfone groups is 1. The fraction of sp³-hybridized carbons (Fsp3) is 0.167. The Labute approximate surface area is 145 Å². The van der Waals surface area contributed by atoms with Gasteiger partial charge in [-0.05, 0) is 47.2 Å². The fourth-order valence-corrected chi connectivity index (χ4v) is 5.13. The summed E-state index contributed by atoms with van der Waals surface area (Å²) in [6.45, 7) is 1.72. The monoisotopic (exact) mass is 425 g/mol. The lowest BCUT2D eigenvalue weighted by atomic mass is 10.4. The van der Waals surface area contributed by atoms with Gasteiger partial charge in [0.2, 0.25) is 14.9 Å². The molecule has 112 valence electrons. The molecule has 0 fully saturated rings. The predicted octanol–water partition coefficient (Wildman–Crippen LogP) is 4.02. The van der Waals surface area contributed by atoms with E-state index in [0.29, 0.717) is 14.2 Å². The van der Waals surface area contributed by atoms with Gasteiger partial charge in [-0.3, -0.25) is 0 Å². The summed E-state index contributed by atoms with van der Waals surface area (Å²) < 4.78 is 30.7. The lowest BCUT2D eigenvalue weighted by Crippen LogP contribution is -2.03. The second kappa shape index (κ2) is 6.29. The molecular weight excluding hydrogens is 418 g/mol. The summed E-state index contributed by atoms with van der Waals surface area (Å²) in [5, 5.41) is 0.470. The second-order valence-corrected chi connectivity index (χ2v) is 8.73. The van der Waals surface area contributed by atoms with E-state index in [2.05, 4.69) is 20.9 Å². The Balaban J connectivity index is 2.56. The molecule has 0 aliphatic heterocycles. The van der Waals surface area contributed by atoms with Crippen molar-refractivity contribution in [2.75, 3.05) is 7.11 Å². The predicted molar refractivity (Wildman–Crippen MR) is 90.2 cm³/mol. The smallest absolute Gasteiger partial charge is 0.209 e. The van der Waals surface area contributed by atoms with Crippen LogP contribution in [0.3, 0.4) is 0 Å². The van der Waals surface area contributed by atoms with E-state index in [1.807, 2.05) is 0 Å². The van der Waals surface area contributed by atoms with E-state index in [1.165, 1.54) is 36.8 Å². The van der Waals surface area contributed by atoms with Gasteiger partial charge in [0.25, 0.3) is 0 Å². The number of methoxy groups -OCH3 is 1. The molecule has 2 heterocycles. The van der Waals surface area contributed by atoms with E-state index in [0.717, 1.165) is 0 Å². The Morgan fingerprint density at radius 2 is 2.14 bits per heavy atom. The Hall–Kier alpha value is -0.540. The van der Waals surface area contributed by atoms with Crippen molar-refractivity contribution in [2.24, 2.45) is 0 Å². The van der Waals surface area contributed by atoms with Crippen molar-refractivity contribution < 1.29 is 13.2 Å². The first kappa shape index (κ1) is 16.8. The van der Waals surface area contributed by atoms with E-state index in [9.17, 15) is 8.42 Å². The number of halogens is 2. The number of thiophene rings is 1. The number of aromatic nitrogens is 1. The summed E-state index contributed by atoms with van der Waals surface area (Å²) in [6, 6.07) is 2.94. The van der Waals surface area contributed by atoms with Crippen LogP contribution in [0.5, 0.6) is 0 Å². The molecule has 2 aromatic rings. The molecule has 0 aliphatic carbocycles. The fourth-order valence-electron chi connectivity index (χ4n) is 1.61. The van der Waals surface area contributed by atoms with Gasteiger partial charge in [0.05, 0.1) is 26.3 Å². The third-order valence-corrected chi connectivity index (χ3v) is 7.30. The third-order valence-electron chi connectivity index (χ3n) is 2.63. The number of ether oxygens (including phenoxy) is 1. The summed E-state index contributed by atoms with van der Waals surface area (Å²) >= 11 is 15.3. The van der Waals surface area contributed by atoms with Gasteiger partial charge in [0, 0.05) is 11.1 Å². The minimum absolute atomic E-state index is 0.0644. The maximum Gasteiger partial charge on any atom is 0.209 e. The normalized spacial score (nSPS) is 11.4. The zero-order valence-corrected chi connectivity index (χ0v) is 15.7. The van der Waals surface area contributed by atoms with Crippen LogP contribution in [0.25, 0.3) is 0 Å². The molecule has 0 atom stereocenters. The van der Waals surface area contributed by atoms with Crippen LogP contribution in [0, 0.1) is 6.92 Å². The van der Waals surface area contributed by atoms with E-state index >= 15 is 0 Å². The molecule has 9 heteroatoms. The number of nitrogens with zero attached hydrogens (tertiary/aromatic N) is 1. The average molecular weight is 427 g/mol. The van der Waals surface area contributed by atoms with Crippen molar-refractivity contribution in [3.63, 3.8) is 0 Å². The van der Waals surface area contributed by atoms with Crippen LogP contribution < -0.4 is 0 Å². The van der Waals surface area contributed by atoms with Gasteiger partial charge in [-0.15, -0.1) is 11.3 Å². The van der Waals surface area contributed by atoms with E-state index in [4.69, 9.17) is 28.6 Å². The van der Waals surface area contributed by atoms with Crippen LogP contribution in [0.2, 0.25) is 5.15 Å². The van der Waals surface area contributed by atoms with E-state index in [1.54, 1.807) is 6.92 Å². The standard InChI is InChI=1S/C12H9BrClNO3S3/c1-6-10(4-9(20-6)12(19)18-2)21(16,17)7-3-8(13)11(14)15-5-7/h3-5H,1-2H3. The van der Waals surface area contributed by atoms with Crippen LogP contribution >= 0.6 is 51.1 Å². The molecule has 0 saturated carbocycles. The maximum atomic E-state index is 12.7. The lowest BCUT2D eigenvalue weighted by molar-refractivity contribution is 0.417. The van der Waals surface area contributed by atoms with Gasteiger partial charge >= 0.3 is 0 Å². The molecule has 4 nitrogen and oxygen atoms in total. The summed E-state index contributed by atoms with van der Waals surface area (Å²) in [7, 11) is -2.24. The minimum atomic E-state index is -3.69. The topological polar surface area (TPSA) is 56.3 Å². The highest BCUT2D eigenvalue weighted by atomic mass is 79.9. The molecular formula is C12H9BrClNO3S3. The molecule has 0 bridgehead atoms. The number of aryl methyl sites for hydroxylation is 1. The third kappa shape index (κ3) is 3.29. The SMILES string of the molecule is COC(=S)c1cc(S(=O)(=O)c2cnc(Cl)c(Br)c2)c(C)s1. The van der Waals surface area contributed by atoms with Crippen LogP contribution in [-0.2, 0) is 14.6 Å². The lowest BCUT2D eigenvalue weighted by Gasteiger charge is -2.04.